The molecule has 0 bridgehead atoms. The van der Waals surface area contributed by atoms with Crippen molar-refractivity contribution in [1.82, 2.24) is 9.97 Å². The van der Waals surface area contributed by atoms with Crippen LogP contribution in [0.25, 0.3) is 0 Å². The highest BCUT2D eigenvalue weighted by atomic mass is 16.5. The second-order valence-electron chi connectivity index (χ2n) is 5.19. The molecule has 7 heteroatoms. The number of ether oxygens (including phenoxy) is 3. The van der Waals surface area contributed by atoms with Gasteiger partial charge in [0.15, 0.2) is 11.5 Å². The lowest BCUT2D eigenvalue weighted by molar-refractivity contribution is 0.102. The summed E-state index contributed by atoms with van der Waals surface area (Å²) in [7, 11) is 3.05. The highest BCUT2D eigenvalue weighted by molar-refractivity contribution is 6.04. The molecular weight excluding hydrogens is 334 g/mol. The SMILES string of the molecule is COc1ccc(C(=O)Nc2cnc(Oc3ccccc3)nc2)cc1OC. The number of benzene rings is 2. The Morgan fingerprint density at radius 2 is 1.62 bits per heavy atom. The van der Waals surface area contributed by atoms with Crippen molar-refractivity contribution in [2.24, 2.45) is 0 Å². The number of amides is 1. The molecule has 132 valence electrons. The number of anilines is 1. The summed E-state index contributed by atoms with van der Waals surface area (Å²) in [5.41, 5.74) is 0.873. The Kier molecular flexibility index (Phi) is 5.28. The minimum absolute atomic E-state index is 0.195. The van der Waals surface area contributed by atoms with Gasteiger partial charge < -0.3 is 19.5 Å². The van der Waals surface area contributed by atoms with Crippen LogP contribution in [0.4, 0.5) is 5.69 Å². The van der Waals surface area contributed by atoms with Crippen LogP contribution in [0.3, 0.4) is 0 Å². The topological polar surface area (TPSA) is 82.6 Å². The lowest BCUT2D eigenvalue weighted by atomic mass is 10.2. The van der Waals surface area contributed by atoms with Crippen LogP contribution >= 0.6 is 0 Å². The molecule has 0 saturated carbocycles. The van der Waals surface area contributed by atoms with Crippen LogP contribution in [-0.4, -0.2) is 30.1 Å². The van der Waals surface area contributed by atoms with Gasteiger partial charge in [-0.15, -0.1) is 0 Å². The monoisotopic (exact) mass is 351 g/mol. The Balaban J connectivity index is 1.68. The molecule has 0 saturated heterocycles. The molecule has 3 aromatic rings. The van der Waals surface area contributed by atoms with E-state index in [-0.39, 0.29) is 11.9 Å². The molecule has 0 unspecified atom stereocenters. The van der Waals surface area contributed by atoms with Gasteiger partial charge in [0.2, 0.25) is 0 Å². The number of hydrogen-bond donors (Lipinski definition) is 1. The Bertz CT molecular complexity index is 883. The van der Waals surface area contributed by atoms with Crippen LogP contribution < -0.4 is 19.5 Å². The fourth-order valence-corrected chi connectivity index (χ4v) is 2.21. The van der Waals surface area contributed by atoms with Gasteiger partial charge in [0, 0.05) is 5.56 Å². The van der Waals surface area contributed by atoms with Gasteiger partial charge in [0.25, 0.3) is 5.91 Å². The van der Waals surface area contributed by atoms with Crippen LogP contribution in [0.15, 0.2) is 60.9 Å². The van der Waals surface area contributed by atoms with Crippen LogP contribution in [0.1, 0.15) is 10.4 Å². The molecule has 1 aromatic heterocycles. The van der Waals surface area contributed by atoms with E-state index in [4.69, 9.17) is 14.2 Å². The van der Waals surface area contributed by atoms with E-state index in [1.165, 1.54) is 26.6 Å². The Labute approximate surface area is 150 Å². The first-order chi connectivity index (χ1) is 12.7. The van der Waals surface area contributed by atoms with E-state index in [1.807, 2.05) is 18.2 Å². The lowest BCUT2D eigenvalue weighted by Crippen LogP contribution is -2.12. The van der Waals surface area contributed by atoms with E-state index in [2.05, 4.69) is 15.3 Å². The molecule has 1 heterocycles. The Morgan fingerprint density at radius 1 is 0.923 bits per heavy atom. The third-order valence-electron chi connectivity index (χ3n) is 3.48. The summed E-state index contributed by atoms with van der Waals surface area (Å²) in [5.74, 6) is 1.35. The molecule has 0 aliphatic heterocycles. The van der Waals surface area contributed by atoms with E-state index in [9.17, 15) is 4.79 Å². The molecule has 0 aliphatic rings. The number of methoxy groups -OCH3 is 2. The fraction of sp³-hybridized carbons (Fsp3) is 0.105. The molecule has 0 spiro atoms. The molecule has 3 rings (SSSR count). The summed E-state index contributed by atoms with van der Waals surface area (Å²) in [6.07, 6.45) is 2.95. The van der Waals surface area contributed by atoms with Gasteiger partial charge in [-0.1, -0.05) is 18.2 Å². The summed E-state index contributed by atoms with van der Waals surface area (Å²) >= 11 is 0. The predicted octanol–water partition coefficient (Wildman–Crippen LogP) is 3.54. The van der Waals surface area contributed by atoms with Gasteiger partial charge in [-0.2, -0.15) is 0 Å². The van der Waals surface area contributed by atoms with E-state index >= 15 is 0 Å². The second kappa shape index (κ2) is 7.98. The number of nitrogens with one attached hydrogen (secondary N) is 1. The minimum Gasteiger partial charge on any atom is -0.493 e. The molecule has 0 atom stereocenters. The fourth-order valence-electron chi connectivity index (χ4n) is 2.21. The highest BCUT2D eigenvalue weighted by Crippen LogP contribution is 2.27. The Hall–Kier alpha value is -3.61. The van der Waals surface area contributed by atoms with Crippen molar-refractivity contribution >= 4 is 11.6 Å². The molecule has 1 N–H and O–H groups in total. The number of carbonyl (C=O) groups is 1. The number of nitrogens with zero attached hydrogens (tertiary/aromatic N) is 2. The van der Waals surface area contributed by atoms with Crippen LogP contribution in [0.5, 0.6) is 23.3 Å². The first-order valence-corrected chi connectivity index (χ1v) is 7.78. The van der Waals surface area contributed by atoms with Gasteiger partial charge in [0.1, 0.15) is 5.75 Å². The van der Waals surface area contributed by atoms with Crippen molar-refractivity contribution in [3.8, 4) is 23.3 Å². The summed E-state index contributed by atoms with van der Waals surface area (Å²) in [6.45, 7) is 0. The van der Waals surface area contributed by atoms with E-state index in [0.29, 0.717) is 28.5 Å². The van der Waals surface area contributed by atoms with Crippen LogP contribution in [0, 0.1) is 0 Å². The number of aromatic nitrogens is 2. The van der Waals surface area contributed by atoms with Crippen molar-refractivity contribution in [2.75, 3.05) is 19.5 Å². The van der Waals surface area contributed by atoms with E-state index < -0.39 is 0 Å². The molecule has 7 nitrogen and oxygen atoms in total. The maximum absolute atomic E-state index is 12.4. The van der Waals surface area contributed by atoms with Crippen molar-refractivity contribution < 1.29 is 19.0 Å². The summed E-state index contributed by atoms with van der Waals surface area (Å²) < 4.78 is 15.9. The maximum atomic E-state index is 12.4. The predicted molar refractivity (Wildman–Crippen MR) is 96.0 cm³/mol. The number of hydrogen-bond acceptors (Lipinski definition) is 6. The summed E-state index contributed by atoms with van der Waals surface area (Å²) in [4.78, 5) is 20.5. The first-order valence-electron chi connectivity index (χ1n) is 7.78. The highest BCUT2D eigenvalue weighted by Gasteiger charge is 2.11. The second-order valence-corrected chi connectivity index (χ2v) is 5.19. The number of rotatable bonds is 6. The van der Waals surface area contributed by atoms with Crippen molar-refractivity contribution in [1.29, 1.82) is 0 Å². The molecular formula is C19H17N3O4. The number of para-hydroxylation sites is 1. The smallest absolute Gasteiger partial charge is 0.322 e. The standard InChI is InChI=1S/C19H17N3O4/c1-24-16-9-8-13(10-17(16)25-2)18(23)22-14-11-20-19(21-12-14)26-15-6-4-3-5-7-15/h3-12H,1-2H3,(H,22,23). The Morgan fingerprint density at radius 3 is 2.27 bits per heavy atom. The number of carbonyl (C=O) groups excluding carboxylic acids is 1. The molecule has 26 heavy (non-hydrogen) atoms. The zero-order chi connectivity index (χ0) is 18.4. The average Bonchev–Trinajstić information content (AvgIpc) is 2.69. The normalized spacial score (nSPS) is 10.1. The summed E-state index contributed by atoms with van der Waals surface area (Å²) in [6, 6.07) is 14.3. The van der Waals surface area contributed by atoms with Gasteiger partial charge in [-0.05, 0) is 30.3 Å². The van der Waals surface area contributed by atoms with E-state index in [0.717, 1.165) is 0 Å². The third-order valence-corrected chi connectivity index (χ3v) is 3.48. The third kappa shape index (κ3) is 4.07. The molecule has 0 fully saturated rings. The van der Waals surface area contributed by atoms with Gasteiger partial charge >= 0.3 is 6.01 Å². The van der Waals surface area contributed by atoms with Gasteiger partial charge in [-0.25, -0.2) is 9.97 Å². The molecule has 1 amide bonds. The maximum Gasteiger partial charge on any atom is 0.322 e. The zero-order valence-electron chi connectivity index (χ0n) is 14.3. The lowest BCUT2D eigenvalue weighted by Gasteiger charge is -2.10. The molecule has 0 radical (unpaired) electrons. The molecule has 2 aromatic carbocycles. The minimum atomic E-state index is -0.314. The summed E-state index contributed by atoms with van der Waals surface area (Å²) in [5, 5.41) is 2.72. The van der Waals surface area contributed by atoms with Gasteiger partial charge in [-0.3, -0.25) is 4.79 Å². The zero-order valence-corrected chi connectivity index (χ0v) is 14.3. The van der Waals surface area contributed by atoms with E-state index in [1.54, 1.807) is 30.3 Å². The molecule has 0 aliphatic carbocycles. The average molecular weight is 351 g/mol. The van der Waals surface area contributed by atoms with Crippen molar-refractivity contribution in [3.05, 3.63) is 66.5 Å². The van der Waals surface area contributed by atoms with Crippen LogP contribution in [0.2, 0.25) is 0 Å². The van der Waals surface area contributed by atoms with Gasteiger partial charge in [0.05, 0.1) is 32.3 Å². The van der Waals surface area contributed by atoms with Crippen molar-refractivity contribution in [3.63, 3.8) is 0 Å². The van der Waals surface area contributed by atoms with Crippen molar-refractivity contribution in [2.45, 2.75) is 0 Å². The first kappa shape index (κ1) is 17.2. The quantitative estimate of drug-likeness (QED) is 0.731. The van der Waals surface area contributed by atoms with Crippen LogP contribution in [-0.2, 0) is 0 Å². The largest absolute Gasteiger partial charge is 0.493 e.